The molecule has 3 saturated carbocycles. The van der Waals surface area contributed by atoms with Crippen LogP contribution in [0.5, 0.6) is 0 Å². The van der Waals surface area contributed by atoms with Crippen molar-refractivity contribution in [1.82, 2.24) is 0 Å². The van der Waals surface area contributed by atoms with Crippen molar-refractivity contribution in [2.45, 2.75) is 78.2 Å². The van der Waals surface area contributed by atoms with Crippen LogP contribution in [0.15, 0.2) is 23.8 Å². The van der Waals surface area contributed by atoms with Crippen LogP contribution in [-0.4, -0.2) is 23.1 Å². The zero-order valence-electron chi connectivity index (χ0n) is 17.6. The SMILES string of the molecule is C=C1C[C@@H]2C(CC[C@@]3(C)C2CC[C@]3(OC(C)=O)C(C)=O)[C@@]2(C)CCC(=O)C=C12. The summed E-state index contributed by atoms with van der Waals surface area (Å²) in [7, 11) is 0. The van der Waals surface area contributed by atoms with Crippen molar-refractivity contribution in [2.75, 3.05) is 0 Å². The molecule has 4 nitrogen and oxygen atoms in total. The second kappa shape index (κ2) is 6.14. The Labute approximate surface area is 167 Å². The van der Waals surface area contributed by atoms with Crippen LogP contribution in [0.25, 0.3) is 0 Å². The van der Waals surface area contributed by atoms with Crippen molar-refractivity contribution < 1.29 is 19.1 Å². The minimum Gasteiger partial charge on any atom is -0.451 e. The van der Waals surface area contributed by atoms with Crippen LogP contribution in [-0.2, 0) is 19.1 Å². The fraction of sp³-hybridized carbons (Fsp3) is 0.708. The Bertz CT molecular complexity index is 807. The highest BCUT2D eigenvalue weighted by molar-refractivity contribution is 5.92. The van der Waals surface area contributed by atoms with Crippen LogP contribution in [0, 0.1) is 28.6 Å². The van der Waals surface area contributed by atoms with Gasteiger partial charge in [-0.05, 0) is 80.3 Å². The third-order valence-corrected chi connectivity index (χ3v) is 8.94. The Morgan fingerprint density at radius 3 is 2.43 bits per heavy atom. The van der Waals surface area contributed by atoms with Gasteiger partial charge in [0.15, 0.2) is 17.2 Å². The van der Waals surface area contributed by atoms with Gasteiger partial charge in [-0.2, -0.15) is 0 Å². The first-order valence-electron chi connectivity index (χ1n) is 10.7. The first kappa shape index (κ1) is 19.6. The highest BCUT2D eigenvalue weighted by atomic mass is 16.6. The van der Waals surface area contributed by atoms with Gasteiger partial charge in [0.05, 0.1) is 0 Å². The van der Waals surface area contributed by atoms with Crippen LogP contribution in [0.1, 0.15) is 72.6 Å². The molecule has 0 saturated heterocycles. The Morgan fingerprint density at radius 2 is 1.79 bits per heavy atom. The van der Waals surface area contributed by atoms with Gasteiger partial charge in [-0.1, -0.05) is 26.0 Å². The largest absolute Gasteiger partial charge is 0.451 e. The molecule has 4 aliphatic rings. The fourth-order valence-electron chi connectivity index (χ4n) is 7.63. The standard InChI is InChI=1S/C24H32O4/c1-14-12-18-19(22(4)9-6-17(27)13-21(14)22)7-10-23(5)20(18)8-11-24(23,15(2)25)28-16(3)26/h13,18-20H,1,6-12H2,2-5H3/t18-,19?,20?,22-,23+,24+/m1/s1. The summed E-state index contributed by atoms with van der Waals surface area (Å²) in [6.07, 6.45) is 7.66. The van der Waals surface area contributed by atoms with E-state index >= 15 is 0 Å². The molecule has 0 amide bonds. The molecule has 0 aromatic rings. The molecule has 0 spiro atoms. The molecule has 4 rings (SSSR count). The van der Waals surface area contributed by atoms with Crippen LogP contribution < -0.4 is 0 Å². The summed E-state index contributed by atoms with van der Waals surface area (Å²) >= 11 is 0. The Morgan fingerprint density at radius 1 is 1.11 bits per heavy atom. The number of carbonyl (C=O) groups is 3. The molecule has 0 radical (unpaired) electrons. The monoisotopic (exact) mass is 384 g/mol. The molecule has 0 heterocycles. The first-order valence-corrected chi connectivity index (χ1v) is 10.7. The molecular formula is C24H32O4. The van der Waals surface area contributed by atoms with E-state index < -0.39 is 5.60 Å². The maximum Gasteiger partial charge on any atom is 0.303 e. The van der Waals surface area contributed by atoms with Gasteiger partial charge in [0.2, 0.25) is 0 Å². The van der Waals surface area contributed by atoms with Crippen molar-refractivity contribution in [1.29, 1.82) is 0 Å². The molecule has 28 heavy (non-hydrogen) atoms. The zero-order valence-corrected chi connectivity index (χ0v) is 17.6. The van der Waals surface area contributed by atoms with E-state index in [2.05, 4.69) is 20.4 Å². The molecule has 4 aliphatic carbocycles. The number of hydrogen-bond donors (Lipinski definition) is 0. The van der Waals surface area contributed by atoms with Gasteiger partial charge in [0.25, 0.3) is 0 Å². The normalized spacial score (nSPS) is 44.9. The molecule has 0 aliphatic heterocycles. The predicted octanol–water partition coefficient (Wildman–Crippen LogP) is 4.58. The Balaban J connectivity index is 1.75. The molecule has 0 bridgehead atoms. The topological polar surface area (TPSA) is 60.4 Å². The summed E-state index contributed by atoms with van der Waals surface area (Å²) in [4.78, 5) is 36.7. The highest BCUT2D eigenvalue weighted by Crippen LogP contribution is 2.68. The van der Waals surface area contributed by atoms with E-state index in [1.807, 2.05) is 6.08 Å². The molecule has 3 fully saturated rings. The Kier molecular flexibility index (Phi) is 4.30. The fourth-order valence-corrected chi connectivity index (χ4v) is 7.63. The third kappa shape index (κ3) is 2.39. The maximum absolute atomic E-state index is 12.8. The van der Waals surface area contributed by atoms with Gasteiger partial charge in [-0.25, -0.2) is 0 Å². The molecule has 0 aromatic carbocycles. The summed E-state index contributed by atoms with van der Waals surface area (Å²) in [6.45, 7) is 11.8. The Hall–Kier alpha value is -1.71. The van der Waals surface area contributed by atoms with E-state index in [0.29, 0.717) is 30.6 Å². The van der Waals surface area contributed by atoms with Crippen LogP contribution >= 0.6 is 0 Å². The number of hydrogen-bond acceptors (Lipinski definition) is 4. The van der Waals surface area contributed by atoms with E-state index in [9.17, 15) is 14.4 Å². The van der Waals surface area contributed by atoms with Crippen molar-refractivity contribution in [3.63, 3.8) is 0 Å². The van der Waals surface area contributed by atoms with Gasteiger partial charge >= 0.3 is 5.97 Å². The van der Waals surface area contributed by atoms with E-state index in [-0.39, 0.29) is 28.4 Å². The quantitative estimate of drug-likeness (QED) is 0.654. The number of carbonyl (C=O) groups excluding carboxylic acids is 3. The average Bonchev–Trinajstić information content (AvgIpc) is 2.90. The number of Topliss-reactive ketones (excluding diaryl/α,β-unsaturated/α-hetero) is 1. The number of fused-ring (bicyclic) bond motifs is 5. The van der Waals surface area contributed by atoms with E-state index in [4.69, 9.17) is 4.74 Å². The summed E-state index contributed by atoms with van der Waals surface area (Å²) in [5.41, 5.74) is 0.944. The lowest BCUT2D eigenvalue weighted by Gasteiger charge is -2.59. The zero-order chi connectivity index (χ0) is 20.5. The van der Waals surface area contributed by atoms with Gasteiger partial charge < -0.3 is 4.74 Å². The molecule has 6 atom stereocenters. The summed E-state index contributed by atoms with van der Waals surface area (Å²) in [5.74, 6) is 1.10. The van der Waals surface area contributed by atoms with Crippen LogP contribution in [0.4, 0.5) is 0 Å². The first-order chi connectivity index (χ1) is 13.0. The van der Waals surface area contributed by atoms with E-state index in [1.165, 1.54) is 12.5 Å². The number of allylic oxidation sites excluding steroid dienone is 2. The summed E-state index contributed by atoms with van der Waals surface area (Å²) < 4.78 is 5.82. The summed E-state index contributed by atoms with van der Waals surface area (Å²) in [6, 6.07) is 0. The minimum atomic E-state index is -0.991. The van der Waals surface area contributed by atoms with Crippen LogP contribution in [0.2, 0.25) is 0 Å². The van der Waals surface area contributed by atoms with Gasteiger partial charge in [-0.3, -0.25) is 14.4 Å². The van der Waals surface area contributed by atoms with Gasteiger partial charge in [0, 0.05) is 18.8 Å². The highest BCUT2D eigenvalue weighted by Gasteiger charge is 2.68. The number of ketones is 2. The van der Waals surface area contributed by atoms with Crippen molar-refractivity contribution in [2.24, 2.45) is 28.6 Å². The third-order valence-electron chi connectivity index (χ3n) is 8.94. The molecule has 4 heteroatoms. The summed E-state index contributed by atoms with van der Waals surface area (Å²) in [5, 5.41) is 0. The van der Waals surface area contributed by atoms with Crippen molar-refractivity contribution in [3.8, 4) is 0 Å². The van der Waals surface area contributed by atoms with Crippen molar-refractivity contribution in [3.05, 3.63) is 23.8 Å². The van der Waals surface area contributed by atoms with Crippen LogP contribution in [0.3, 0.4) is 0 Å². The second-order valence-corrected chi connectivity index (χ2v) is 10.1. The molecule has 0 N–H and O–H groups in total. The minimum absolute atomic E-state index is 0.00184. The predicted molar refractivity (Wildman–Crippen MR) is 106 cm³/mol. The van der Waals surface area contributed by atoms with Crippen molar-refractivity contribution >= 4 is 17.5 Å². The van der Waals surface area contributed by atoms with Gasteiger partial charge in [-0.15, -0.1) is 0 Å². The lowest BCUT2D eigenvalue weighted by atomic mass is 9.45. The average molecular weight is 385 g/mol. The maximum atomic E-state index is 12.8. The van der Waals surface area contributed by atoms with Gasteiger partial charge in [0.1, 0.15) is 0 Å². The van der Waals surface area contributed by atoms with E-state index in [1.54, 1.807) is 6.92 Å². The molecule has 0 aromatic heterocycles. The lowest BCUT2D eigenvalue weighted by Crippen LogP contribution is -2.58. The second-order valence-electron chi connectivity index (χ2n) is 10.1. The number of ether oxygens (including phenoxy) is 1. The number of rotatable bonds is 2. The molecular weight excluding hydrogens is 352 g/mol. The molecule has 2 unspecified atom stereocenters. The lowest BCUT2D eigenvalue weighted by molar-refractivity contribution is -0.186. The number of esters is 1. The molecule has 152 valence electrons. The smallest absolute Gasteiger partial charge is 0.303 e. The van der Waals surface area contributed by atoms with E-state index in [0.717, 1.165) is 37.7 Å².